The van der Waals surface area contributed by atoms with Gasteiger partial charge in [0.1, 0.15) is 11.5 Å². The van der Waals surface area contributed by atoms with E-state index in [0.29, 0.717) is 30.3 Å². The maximum Gasteiger partial charge on any atom is 0.271 e. The van der Waals surface area contributed by atoms with Crippen LogP contribution in [0.4, 0.5) is 4.39 Å². The standard InChI is InChI=1S/C17H21FN4O.ClH/c18-15-6-2-1-4-13(15)7-10-20-17(23)16-8-11-22(21-16)14-5-3-9-19-12-14;/h1-2,4,6,8,11,14,19H,3,5,7,9-10,12H2,(H,20,23);1H. The maximum absolute atomic E-state index is 13.5. The van der Waals surface area contributed by atoms with Crippen molar-refractivity contribution < 1.29 is 9.18 Å². The van der Waals surface area contributed by atoms with Crippen molar-refractivity contribution in [3.8, 4) is 0 Å². The molecule has 2 N–H and O–H groups in total. The van der Waals surface area contributed by atoms with Gasteiger partial charge in [0.15, 0.2) is 0 Å². The van der Waals surface area contributed by atoms with Crippen LogP contribution in [0.1, 0.15) is 34.9 Å². The lowest BCUT2D eigenvalue weighted by molar-refractivity contribution is 0.0947. The first-order valence-electron chi connectivity index (χ1n) is 8.01. The van der Waals surface area contributed by atoms with Crippen LogP contribution < -0.4 is 10.6 Å². The molecule has 3 rings (SSSR count). The first-order valence-corrected chi connectivity index (χ1v) is 8.01. The number of amides is 1. The number of halogens is 2. The Morgan fingerprint density at radius 2 is 2.21 bits per heavy atom. The zero-order valence-electron chi connectivity index (χ0n) is 13.4. The number of piperidine rings is 1. The van der Waals surface area contributed by atoms with Crippen LogP contribution in [0.15, 0.2) is 36.5 Å². The molecule has 1 unspecified atom stereocenters. The molecule has 7 heteroatoms. The number of hydrogen-bond acceptors (Lipinski definition) is 3. The summed E-state index contributed by atoms with van der Waals surface area (Å²) in [6.07, 6.45) is 4.51. The van der Waals surface area contributed by atoms with E-state index in [9.17, 15) is 9.18 Å². The zero-order valence-corrected chi connectivity index (χ0v) is 14.2. The van der Waals surface area contributed by atoms with Crippen molar-refractivity contribution in [2.45, 2.75) is 25.3 Å². The van der Waals surface area contributed by atoms with Crippen molar-refractivity contribution in [3.63, 3.8) is 0 Å². The highest BCUT2D eigenvalue weighted by molar-refractivity contribution is 5.92. The first-order chi connectivity index (χ1) is 11.2. The molecule has 1 aliphatic rings. The van der Waals surface area contributed by atoms with Crippen molar-refractivity contribution in [1.82, 2.24) is 20.4 Å². The molecule has 0 bridgehead atoms. The Morgan fingerprint density at radius 1 is 1.38 bits per heavy atom. The lowest BCUT2D eigenvalue weighted by Crippen LogP contribution is -2.32. The Kier molecular flexibility index (Phi) is 6.75. The highest BCUT2D eigenvalue weighted by Gasteiger charge is 2.17. The number of carbonyl (C=O) groups is 1. The maximum atomic E-state index is 13.5. The van der Waals surface area contributed by atoms with Crippen LogP contribution in [0, 0.1) is 5.82 Å². The molecule has 0 spiro atoms. The summed E-state index contributed by atoms with van der Waals surface area (Å²) in [5, 5.41) is 10.5. The van der Waals surface area contributed by atoms with Crippen molar-refractivity contribution in [2.75, 3.05) is 19.6 Å². The molecule has 1 aliphatic heterocycles. The van der Waals surface area contributed by atoms with Gasteiger partial charge in [-0.25, -0.2) is 4.39 Å². The Morgan fingerprint density at radius 3 is 2.96 bits per heavy atom. The summed E-state index contributed by atoms with van der Waals surface area (Å²) in [6.45, 7) is 2.31. The SMILES string of the molecule is Cl.O=C(NCCc1ccccc1F)c1ccn(C2CCCNC2)n1. The minimum absolute atomic E-state index is 0. The summed E-state index contributed by atoms with van der Waals surface area (Å²) in [5.74, 6) is -0.459. The molecule has 0 aliphatic carbocycles. The second-order valence-electron chi connectivity index (χ2n) is 5.78. The second-order valence-corrected chi connectivity index (χ2v) is 5.78. The predicted molar refractivity (Wildman–Crippen MR) is 93.1 cm³/mol. The van der Waals surface area contributed by atoms with E-state index in [0.717, 1.165) is 25.9 Å². The lowest BCUT2D eigenvalue weighted by atomic mass is 10.1. The van der Waals surface area contributed by atoms with Crippen LogP contribution in [0.2, 0.25) is 0 Å². The number of rotatable bonds is 5. The topological polar surface area (TPSA) is 59.0 Å². The van der Waals surface area contributed by atoms with Crippen LogP contribution in [-0.2, 0) is 6.42 Å². The quantitative estimate of drug-likeness (QED) is 0.868. The van der Waals surface area contributed by atoms with Crippen LogP contribution in [0.5, 0.6) is 0 Å². The Labute approximate surface area is 147 Å². The number of nitrogens with one attached hydrogen (secondary N) is 2. The summed E-state index contributed by atoms with van der Waals surface area (Å²) in [4.78, 5) is 12.1. The Balaban J connectivity index is 0.00000208. The van der Waals surface area contributed by atoms with Gasteiger partial charge in [-0.3, -0.25) is 9.48 Å². The average Bonchev–Trinajstić information content (AvgIpc) is 3.07. The number of aromatic nitrogens is 2. The molecule has 0 saturated carbocycles. The number of carbonyl (C=O) groups excluding carboxylic acids is 1. The highest BCUT2D eigenvalue weighted by Crippen LogP contribution is 2.15. The van der Waals surface area contributed by atoms with Crippen LogP contribution in [-0.4, -0.2) is 35.3 Å². The normalized spacial score (nSPS) is 17.1. The molecule has 2 aromatic rings. The predicted octanol–water partition coefficient (Wildman–Crippen LogP) is 2.34. The molecular weight excluding hydrogens is 331 g/mol. The Bertz CT molecular complexity index is 670. The van der Waals surface area contributed by atoms with E-state index >= 15 is 0 Å². The molecule has 130 valence electrons. The van der Waals surface area contributed by atoms with Crippen molar-refractivity contribution in [2.24, 2.45) is 0 Å². The largest absolute Gasteiger partial charge is 0.350 e. The summed E-state index contributed by atoms with van der Waals surface area (Å²) in [6, 6.07) is 8.64. The molecule has 2 heterocycles. The van der Waals surface area contributed by atoms with E-state index < -0.39 is 0 Å². The van der Waals surface area contributed by atoms with Gasteiger partial charge in [-0.2, -0.15) is 5.10 Å². The minimum Gasteiger partial charge on any atom is -0.350 e. The number of hydrogen-bond donors (Lipinski definition) is 2. The summed E-state index contributed by atoms with van der Waals surface area (Å²) >= 11 is 0. The molecule has 1 amide bonds. The van der Waals surface area contributed by atoms with Crippen LogP contribution in [0.25, 0.3) is 0 Å². The van der Waals surface area contributed by atoms with E-state index in [4.69, 9.17) is 0 Å². The van der Waals surface area contributed by atoms with E-state index in [-0.39, 0.29) is 24.1 Å². The third-order valence-corrected chi connectivity index (χ3v) is 4.12. The fourth-order valence-electron chi connectivity index (χ4n) is 2.82. The van der Waals surface area contributed by atoms with E-state index in [1.54, 1.807) is 24.3 Å². The summed E-state index contributed by atoms with van der Waals surface area (Å²) in [7, 11) is 0. The smallest absolute Gasteiger partial charge is 0.271 e. The van der Waals surface area contributed by atoms with Gasteiger partial charge in [-0.05, 0) is 43.5 Å². The molecule has 5 nitrogen and oxygen atoms in total. The van der Waals surface area contributed by atoms with Crippen LogP contribution in [0.3, 0.4) is 0 Å². The molecule has 1 fully saturated rings. The van der Waals surface area contributed by atoms with Crippen molar-refractivity contribution in [3.05, 3.63) is 53.6 Å². The third-order valence-electron chi connectivity index (χ3n) is 4.12. The second kappa shape index (κ2) is 8.80. The summed E-state index contributed by atoms with van der Waals surface area (Å²) in [5.41, 5.74) is 1.01. The molecule has 1 atom stereocenters. The van der Waals surface area contributed by atoms with Gasteiger partial charge >= 0.3 is 0 Å². The van der Waals surface area contributed by atoms with Gasteiger partial charge in [-0.15, -0.1) is 12.4 Å². The van der Waals surface area contributed by atoms with Gasteiger partial charge in [0.2, 0.25) is 0 Å². The van der Waals surface area contributed by atoms with Gasteiger partial charge < -0.3 is 10.6 Å². The average molecular weight is 353 g/mol. The van der Waals surface area contributed by atoms with Gasteiger partial charge in [0.05, 0.1) is 6.04 Å². The van der Waals surface area contributed by atoms with Crippen molar-refractivity contribution in [1.29, 1.82) is 0 Å². The highest BCUT2D eigenvalue weighted by atomic mass is 35.5. The number of benzene rings is 1. The minimum atomic E-state index is -0.240. The molecule has 1 aromatic heterocycles. The molecule has 1 aromatic carbocycles. The monoisotopic (exact) mass is 352 g/mol. The Hall–Kier alpha value is -1.92. The lowest BCUT2D eigenvalue weighted by Gasteiger charge is -2.22. The first kappa shape index (κ1) is 18.4. The van der Waals surface area contributed by atoms with E-state index in [1.165, 1.54) is 6.07 Å². The van der Waals surface area contributed by atoms with Crippen molar-refractivity contribution >= 4 is 18.3 Å². The molecule has 0 radical (unpaired) electrons. The van der Waals surface area contributed by atoms with Gasteiger partial charge in [-0.1, -0.05) is 18.2 Å². The van der Waals surface area contributed by atoms with Gasteiger partial charge in [0.25, 0.3) is 5.91 Å². The van der Waals surface area contributed by atoms with E-state index in [2.05, 4.69) is 15.7 Å². The fraction of sp³-hybridized carbons (Fsp3) is 0.412. The molecular formula is C17H22ClFN4O. The van der Waals surface area contributed by atoms with Crippen LogP contribution >= 0.6 is 12.4 Å². The summed E-state index contributed by atoms with van der Waals surface area (Å²) < 4.78 is 15.4. The molecule has 1 saturated heterocycles. The number of nitrogens with zero attached hydrogens (tertiary/aromatic N) is 2. The zero-order chi connectivity index (χ0) is 16.1. The third kappa shape index (κ3) is 4.55. The fourth-order valence-corrected chi connectivity index (χ4v) is 2.82. The van der Waals surface area contributed by atoms with E-state index in [1.807, 2.05) is 10.9 Å². The van der Waals surface area contributed by atoms with Gasteiger partial charge in [0, 0.05) is 19.3 Å². The molecule has 24 heavy (non-hydrogen) atoms.